The van der Waals surface area contributed by atoms with Crippen LogP contribution in [0.2, 0.25) is 0 Å². The third-order valence-corrected chi connectivity index (χ3v) is 4.55. The van der Waals surface area contributed by atoms with Crippen LogP contribution in [0.1, 0.15) is 22.3 Å². The molecule has 32 heavy (non-hydrogen) atoms. The van der Waals surface area contributed by atoms with Crippen LogP contribution in [0.5, 0.6) is 0 Å². The molecule has 0 saturated heterocycles. The van der Waals surface area contributed by atoms with Crippen molar-refractivity contribution in [2.75, 3.05) is 43.6 Å². The van der Waals surface area contributed by atoms with Gasteiger partial charge < -0.3 is 25.8 Å². The number of carbonyl (C=O) groups excluding carboxylic acids is 2. The molecule has 2 heterocycles. The fraction of sp³-hybridized carbons (Fsp3) is 0.304. The van der Waals surface area contributed by atoms with E-state index in [2.05, 4.69) is 20.6 Å². The van der Waals surface area contributed by atoms with Crippen LogP contribution >= 0.6 is 0 Å². The first-order chi connectivity index (χ1) is 15.6. The number of nitrogens with one attached hydrogen (secondary N) is 2. The topological polar surface area (TPSA) is 128 Å². The van der Waals surface area contributed by atoms with Crippen molar-refractivity contribution in [1.82, 2.24) is 9.97 Å². The van der Waals surface area contributed by atoms with Crippen LogP contribution < -0.4 is 16.4 Å². The third-order valence-electron chi connectivity index (χ3n) is 4.55. The Morgan fingerprint density at radius 2 is 1.78 bits per heavy atom. The minimum absolute atomic E-state index is 0.133. The van der Waals surface area contributed by atoms with Gasteiger partial charge in [0.15, 0.2) is 0 Å². The van der Waals surface area contributed by atoms with E-state index >= 15 is 0 Å². The van der Waals surface area contributed by atoms with E-state index < -0.39 is 0 Å². The number of nitrogens with two attached hydrogens (primary N) is 1. The molecule has 9 heteroatoms. The van der Waals surface area contributed by atoms with Crippen LogP contribution in [0.15, 0.2) is 48.8 Å². The Labute approximate surface area is 186 Å². The van der Waals surface area contributed by atoms with E-state index in [9.17, 15) is 9.59 Å². The summed E-state index contributed by atoms with van der Waals surface area (Å²) in [5.41, 5.74) is 7.72. The van der Waals surface area contributed by atoms with Crippen molar-refractivity contribution in [3.63, 3.8) is 0 Å². The van der Waals surface area contributed by atoms with Gasteiger partial charge in [-0.3, -0.25) is 14.6 Å². The van der Waals surface area contributed by atoms with E-state index in [0.717, 1.165) is 5.56 Å². The predicted molar refractivity (Wildman–Crippen MR) is 123 cm³/mol. The Morgan fingerprint density at radius 3 is 2.53 bits per heavy atom. The normalized spacial score (nSPS) is 10.8. The molecule has 9 nitrogen and oxygen atoms in total. The number of rotatable bonds is 11. The van der Waals surface area contributed by atoms with Gasteiger partial charge >= 0.3 is 0 Å². The van der Waals surface area contributed by atoms with Crippen LogP contribution in [0.4, 0.5) is 11.5 Å². The Morgan fingerprint density at radius 1 is 0.969 bits per heavy atom. The van der Waals surface area contributed by atoms with Crippen molar-refractivity contribution in [3.8, 4) is 0 Å². The van der Waals surface area contributed by atoms with Crippen molar-refractivity contribution >= 4 is 34.2 Å². The summed E-state index contributed by atoms with van der Waals surface area (Å²) in [6.45, 7) is 3.88. The van der Waals surface area contributed by atoms with Crippen LogP contribution in [0.25, 0.3) is 10.9 Å². The number of aryl methyl sites for hydroxylation is 1. The number of hydrogen-bond acceptors (Lipinski definition) is 7. The molecule has 0 fully saturated rings. The van der Waals surface area contributed by atoms with Crippen LogP contribution in [0.3, 0.4) is 0 Å². The maximum atomic E-state index is 13.0. The van der Waals surface area contributed by atoms with Crippen molar-refractivity contribution < 1.29 is 19.1 Å². The smallest absolute Gasteiger partial charge is 0.258 e. The monoisotopic (exact) mass is 437 g/mol. The highest BCUT2D eigenvalue weighted by atomic mass is 16.5. The first-order valence-corrected chi connectivity index (χ1v) is 10.4. The molecule has 0 saturated carbocycles. The van der Waals surface area contributed by atoms with Gasteiger partial charge in [-0.2, -0.15) is 0 Å². The molecule has 3 rings (SSSR count). The Hall–Kier alpha value is -3.40. The summed E-state index contributed by atoms with van der Waals surface area (Å²) in [5, 5.41) is 6.29. The van der Waals surface area contributed by atoms with Crippen molar-refractivity contribution in [2.24, 2.45) is 5.73 Å². The number of anilines is 2. The lowest BCUT2D eigenvalue weighted by Crippen LogP contribution is -2.20. The number of amides is 2. The molecule has 2 amide bonds. The fourth-order valence-corrected chi connectivity index (χ4v) is 2.97. The summed E-state index contributed by atoms with van der Waals surface area (Å²) < 4.78 is 10.6. The lowest BCUT2D eigenvalue weighted by molar-refractivity contribution is -0.117. The number of aromatic nitrogens is 2. The highest BCUT2D eigenvalue weighted by Gasteiger charge is 2.17. The van der Waals surface area contributed by atoms with E-state index in [0.29, 0.717) is 54.3 Å². The second kappa shape index (κ2) is 11.8. The minimum atomic E-state index is -0.379. The molecular formula is C23H27N5O4. The maximum Gasteiger partial charge on any atom is 0.258 e. The number of benzene rings is 1. The predicted octanol–water partition coefficient (Wildman–Crippen LogP) is 2.51. The van der Waals surface area contributed by atoms with E-state index in [1.54, 1.807) is 36.7 Å². The summed E-state index contributed by atoms with van der Waals surface area (Å²) in [7, 11) is 0. The van der Waals surface area contributed by atoms with Gasteiger partial charge in [0.1, 0.15) is 5.82 Å². The van der Waals surface area contributed by atoms with Gasteiger partial charge in [0.2, 0.25) is 5.91 Å². The first-order valence-electron chi connectivity index (χ1n) is 10.4. The van der Waals surface area contributed by atoms with E-state index in [4.69, 9.17) is 15.2 Å². The third kappa shape index (κ3) is 6.55. The molecular weight excluding hydrogens is 410 g/mol. The second-order valence-electron chi connectivity index (χ2n) is 7.04. The molecule has 0 aliphatic carbocycles. The largest absolute Gasteiger partial charge is 0.379 e. The number of carbonyl (C=O) groups is 2. The summed E-state index contributed by atoms with van der Waals surface area (Å²) in [6.07, 6.45) is 3.46. The van der Waals surface area contributed by atoms with Gasteiger partial charge in [0, 0.05) is 24.3 Å². The number of hydrogen-bond donors (Lipinski definition) is 3. The average Bonchev–Trinajstić information content (AvgIpc) is 2.80. The summed E-state index contributed by atoms with van der Waals surface area (Å²) in [6, 6.07) is 10.5. The fourth-order valence-electron chi connectivity index (χ4n) is 2.97. The molecule has 0 aliphatic rings. The van der Waals surface area contributed by atoms with Crippen molar-refractivity contribution in [3.05, 3.63) is 59.9 Å². The summed E-state index contributed by atoms with van der Waals surface area (Å²) in [5.74, 6) is -0.225. The van der Waals surface area contributed by atoms with Gasteiger partial charge in [-0.25, -0.2) is 4.98 Å². The van der Waals surface area contributed by atoms with Crippen molar-refractivity contribution in [2.45, 2.75) is 13.3 Å². The zero-order valence-electron chi connectivity index (χ0n) is 18.0. The van der Waals surface area contributed by atoms with E-state index in [1.165, 1.54) is 0 Å². The molecule has 3 aromatic rings. The second-order valence-corrected chi connectivity index (χ2v) is 7.04. The molecule has 4 N–H and O–H groups in total. The summed E-state index contributed by atoms with van der Waals surface area (Å²) >= 11 is 0. The minimum Gasteiger partial charge on any atom is -0.379 e. The van der Waals surface area contributed by atoms with E-state index in [-0.39, 0.29) is 24.8 Å². The molecule has 0 bridgehead atoms. The van der Waals surface area contributed by atoms with Gasteiger partial charge in [-0.05, 0) is 42.8 Å². The van der Waals surface area contributed by atoms with Crippen LogP contribution in [-0.4, -0.2) is 54.8 Å². The quantitative estimate of drug-likeness (QED) is 0.393. The SMILES string of the molecule is Cc1ccc(NC(=O)c2ccc3ncccc3c2NC(=O)CCOCCOCCN)nc1. The van der Waals surface area contributed by atoms with Gasteiger partial charge in [-0.1, -0.05) is 6.07 Å². The molecule has 168 valence electrons. The molecule has 0 aliphatic heterocycles. The molecule has 0 radical (unpaired) electrons. The Bertz CT molecular complexity index is 1060. The van der Waals surface area contributed by atoms with Gasteiger partial charge in [0.05, 0.1) is 49.6 Å². The Balaban J connectivity index is 1.70. The van der Waals surface area contributed by atoms with Crippen LogP contribution in [-0.2, 0) is 14.3 Å². The lowest BCUT2D eigenvalue weighted by Gasteiger charge is -2.14. The maximum absolute atomic E-state index is 13.0. The Kier molecular flexibility index (Phi) is 8.61. The summed E-state index contributed by atoms with van der Waals surface area (Å²) in [4.78, 5) is 34.0. The number of pyridine rings is 2. The lowest BCUT2D eigenvalue weighted by atomic mass is 10.1. The van der Waals surface area contributed by atoms with Gasteiger partial charge in [0.25, 0.3) is 5.91 Å². The van der Waals surface area contributed by atoms with Crippen molar-refractivity contribution in [1.29, 1.82) is 0 Å². The van der Waals surface area contributed by atoms with Gasteiger partial charge in [-0.15, -0.1) is 0 Å². The zero-order valence-corrected chi connectivity index (χ0v) is 18.0. The first kappa shape index (κ1) is 23.3. The zero-order chi connectivity index (χ0) is 22.8. The molecule has 0 unspecified atom stereocenters. The number of ether oxygens (including phenoxy) is 2. The number of fused-ring (bicyclic) bond motifs is 1. The van der Waals surface area contributed by atoms with Crippen LogP contribution in [0, 0.1) is 6.92 Å². The molecule has 0 atom stereocenters. The highest BCUT2D eigenvalue weighted by molar-refractivity contribution is 6.15. The average molecular weight is 438 g/mol. The van der Waals surface area contributed by atoms with E-state index in [1.807, 2.05) is 19.1 Å². The number of nitrogens with zero attached hydrogens (tertiary/aromatic N) is 2. The highest BCUT2D eigenvalue weighted by Crippen LogP contribution is 2.27. The molecule has 2 aromatic heterocycles. The molecule has 1 aromatic carbocycles. The molecule has 0 spiro atoms. The standard InChI is InChI=1S/C23H27N5O4/c1-16-4-7-20(26-15-16)27-23(30)18-5-6-19-17(3-2-10-25-19)22(18)28-21(29)8-11-31-13-14-32-12-9-24/h2-7,10,15H,8-9,11-14,24H2,1H3,(H,28,29)(H,26,27,30).